The normalized spacial score (nSPS) is 19.0. The molecule has 0 unspecified atom stereocenters. The fourth-order valence-corrected chi connectivity index (χ4v) is 4.61. The molecule has 2 aromatic rings. The lowest BCUT2D eigenvalue weighted by Gasteiger charge is -2.42. The number of hydrogen-bond acceptors (Lipinski definition) is 7. The highest BCUT2D eigenvalue weighted by Gasteiger charge is 2.50. The number of rotatable bonds is 8. The molecule has 0 bridgehead atoms. The van der Waals surface area contributed by atoms with Gasteiger partial charge in [0.25, 0.3) is 17.4 Å². The molecule has 216 valence electrons. The third-order valence-corrected chi connectivity index (χ3v) is 6.64. The molecule has 0 aliphatic carbocycles. The van der Waals surface area contributed by atoms with E-state index in [2.05, 4.69) is 5.32 Å². The molecule has 10 nitrogen and oxygen atoms in total. The van der Waals surface area contributed by atoms with Crippen molar-refractivity contribution >= 4 is 28.6 Å². The number of ether oxygens (including phenoxy) is 3. The van der Waals surface area contributed by atoms with Gasteiger partial charge in [0.15, 0.2) is 12.4 Å². The third kappa shape index (κ3) is 7.10. The summed E-state index contributed by atoms with van der Waals surface area (Å²) in [6.45, 7) is 6.22. The molecule has 1 saturated heterocycles. The zero-order valence-electron chi connectivity index (χ0n) is 23.3. The molecule has 0 saturated carbocycles. The van der Waals surface area contributed by atoms with E-state index < -0.39 is 35.0 Å². The Balaban J connectivity index is 1.72. The second-order valence-electron chi connectivity index (χ2n) is 10.9. The number of piperidine rings is 1. The predicted molar refractivity (Wildman–Crippen MR) is 143 cm³/mol. The second-order valence-corrected chi connectivity index (χ2v) is 10.9. The van der Waals surface area contributed by atoms with Crippen LogP contribution in [-0.2, 0) is 16.6 Å². The number of amides is 2. The number of fused-ring (bicyclic) bond motifs is 1. The van der Waals surface area contributed by atoms with Crippen LogP contribution in [-0.4, -0.2) is 66.3 Å². The fourth-order valence-electron chi connectivity index (χ4n) is 4.61. The molecule has 1 fully saturated rings. The number of carbonyl (C=O) groups is 2. The third-order valence-electron chi connectivity index (χ3n) is 6.64. The van der Waals surface area contributed by atoms with E-state index in [4.69, 9.17) is 19.9 Å². The van der Waals surface area contributed by atoms with Gasteiger partial charge in [-0.15, -0.1) is 0 Å². The number of likely N-dealkylation sites (tertiary alicyclic amines) is 1. The monoisotopic (exact) mass is 552 g/mol. The molecule has 2 atom stereocenters. The van der Waals surface area contributed by atoms with Crippen LogP contribution in [0.4, 0.5) is 19.3 Å². The lowest BCUT2D eigenvalue weighted by Crippen LogP contribution is -2.55. The highest BCUT2D eigenvalue weighted by Crippen LogP contribution is 2.40. The number of aryl methyl sites for hydroxylation is 1. The number of pyridine rings is 1. The maximum atomic E-state index is 15.0. The minimum Gasteiger partial charge on any atom is -0.491 e. The molecule has 1 aromatic carbocycles. The lowest BCUT2D eigenvalue weighted by atomic mass is 9.83. The second kappa shape index (κ2) is 11.7. The van der Waals surface area contributed by atoms with Crippen LogP contribution in [0.1, 0.15) is 40.5 Å². The van der Waals surface area contributed by atoms with E-state index in [1.807, 2.05) is 0 Å². The predicted octanol–water partition coefficient (Wildman–Crippen LogP) is 3.54. The number of nitrogen functional groups attached to an aromatic ring is 1. The van der Waals surface area contributed by atoms with Crippen molar-refractivity contribution in [3.8, 4) is 11.5 Å². The molecule has 1 aliphatic heterocycles. The van der Waals surface area contributed by atoms with Crippen LogP contribution < -0.4 is 26.1 Å². The first kappa shape index (κ1) is 30.0. The largest absolute Gasteiger partial charge is 0.491 e. The van der Waals surface area contributed by atoms with Gasteiger partial charge < -0.3 is 34.7 Å². The zero-order chi connectivity index (χ0) is 29.1. The molecule has 2 heterocycles. The van der Waals surface area contributed by atoms with Crippen molar-refractivity contribution in [1.29, 1.82) is 0 Å². The molecule has 3 N–H and O–H groups in total. The van der Waals surface area contributed by atoms with Gasteiger partial charge in [-0.2, -0.15) is 0 Å². The van der Waals surface area contributed by atoms with Crippen LogP contribution in [0.25, 0.3) is 10.9 Å². The van der Waals surface area contributed by atoms with Crippen molar-refractivity contribution in [2.75, 3.05) is 39.1 Å². The summed E-state index contributed by atoms with van der Waals surface area (Å²) in [6, 6.07) is 4.69. The topological polar surface area (TPSA) is 125 Å². The van der Waals surface area contributed by atoms with Gasteiger partial charge in [-0.25, -0.2) is 13.6 Å². The van der Waals surface area contributed by atoms with Gasteiger partial charge in [-0.3, -0.25) is 9.59 Å². The van der Waals surface area contributed by atoms with Gasteiger partial charge >= 0.3 is 6.09 Å². The highest BCUT2D eigenvalue weighted by molar-refractivity contribution is 5.89. The number of alkyl halides is 2. The summed E-state index contributed by atoms with van der Waals surface area (Å²) in [5.41, 5.74) is 5.67. The number of nitrogens with zero attached hydrogens (tertiary/aromatic N) is 2. The van der Waals surface area contributed by atoms with Crippen LogP contribution >= 0.6 is 0 Å². The zero-order valence-corrected chi connectivity index (χ0v) is 23.3. The Morgan fingerprint density at radius 1 is 1.15 bits per heavy atom. The summed E-state index contributed by atoms with van der Waals surface area (Å²) in [4.78, 5) is 38.2. The number of benzene rings is 1. The quantitative estimate of drug-likeness (QED) is 0.379. The van der Waals surface area contributed by atoms with Crippen molar-refractivity contribution < 1.29 is 32.6 Å². The number of nitrogens with one attached hydrogen (secondary N) is 1. The minimum absolute atomic E-state index is 0.0201. The van der Waals surface area contributed by atoms with E-state index in [0.29, 0.717) is 22.3 Å². The molecular weight excluding hydrogens is 514 g/mol. The lowest BCUT2D eigenvalue weighted by molar-refractivity contribution is -0.145. The number of nitrogens with two attached hydrogens (primary N) is 1. The van der Waals surface area contributed by atoms with Crippen LogP contribution in [0.15, 0.2) is 23.0 Å². The molecule has 0 spiro atoms. The molecule has 39 heavy (non-hydrogen) atoms. The van der Waals surface area contributed by atoms with Gasteiger partial charge in [0.05, 0.1) is 12.1 Å². The highest BCUT2D eigenvalue weighted by atomic mass is 19.3. The summed E-state index contributed by atoms with van der Waals surface area (Å²) >= 11 is 0. The summed E-state index contributed by atoms with van der Waals surface area (Å²) in [5.74, 6) is -5.11. The number of anilines is 1. The van der Waals surface area contributed by atoms with Crippen LogP contribution in [0.5, 0.6) is 11.5 Å². The molecule has 3 rings (SSSR count). The van der Waals surface area contributed by atoms with Gasteiger partial charge in [0.1, 0.15) is 11.4 Å². The summed E-state index contributed by atoms with van der Waals surface area (Å²) in [5, 5.41) is 2.97. The molecule has 1 aromatic heterocycles. The average Bonchev–Trinajstić information content (AvgIpc) is 2.83. The Hall–Kier alpha value is -3.57. The van der Waals surface area contributed by atoms with Crippen molar-refractivity contribution in [2.24, 2.45) is 18.9 Å². The molecule has 1 aliphatic rings. The molecule has 2 amide bonds. The standard InChI is InChI=1S/C27H38F2N4O6/c1-16-13-33(25(36)39-26(2,3)4)14-18(27(16,28)29)8-7-9-37-20-12-19(30)10-17-11-21(38-15-22(34)31-5)24(35)32(6)23(17)20/h10-12,16,18H,7-9,13-15,30H2,1-6H3,(H,31,34)/t16-,18+/m1/s1. The SMILES string of the molecule is CNC(=O)COc1cc2cc(N)cc(OCCC[C@H]3CN(C(=O)OC(C)(C)C)C[C@@H](C)C3(F)F)c2n(C)c1=O. The van der Waals surface area contributed by atoms with E-state index in [9.17, 15) is 14.4 Å². The van der Waals surface area contributed by atoms with Crippen molar-refractivity contribution in [3.63, 3.8) is 0 Å². The minimum atomic E-state index is -2.95. The summed E-state index contributed by atoms with van der Waals surface area (Å²) in [6.07, 6.45) is -0.197. The van der Waals surface area contributed by atoms with Crippen LogP contribution in [0.2, 0.25) is 0 Å². The van der Waals surface area contributed by atoms with Crippen LogP contribution in [0.3, 0.4) is 0 Å². The van der Waals surface area contributed by atoms with Crippen LogP contribution in [0, 0.1) is 11.8 Å². The Morgan fingerprint density at radius 2 is 1.85 bits per heavy atom. The van der Waals surface area contributed by atoms with Crippen molar-refractivity contribution in [2.45, 2.75) is 52.1 Å². The first-order valence-corrected chi connectivity index (χ1v) is 12.9. The Bertz CT molecular complexity index is 1270. The number of aromatic nitrogens is 1. The summed E-state index contributed by atoms with van der Waals surface area (Å²) < 4.78 is 48.0. The average molecular weight is 553 g/mol. The van der Waals surface area contributed by atoms with E-state index in [0.717, 1.165) is 0 Å². The number of likely N-dealkylation sites (N-methyl/N-ethyl adjacent to an activating group) is 1. The molecular formula is C27H38F2N4O6. The van der Waals surface area contributed by atoms with Gasteiger partial charge in [0, 0.05) is 56.2 Å². The van der Waals surface area contributed by atoms with Crippen molar-refractivity contribution in [1.82, 2.24) is 14.8 Å². The molecule has 0 radical (unpaired) electrons. The van der Waals surface area contributed by atoms with E-state index in [1.165, 1.54) is 36.6 Å². The maximum absolute atomic E-state index is 15.0. The fraction of sp³-hybridized carbons (Fsp3) is 0.593. The summed E-state index contributed by atoms with van der Waals surface area (Å²) in [7, 11) is 3.00. The van der Waals surface area contributed by atoms with Crippen molar-refractivity contribution in [3.05, 3.63) is 28.6 Å². The first-order valence-electron chi connectivity index (χ1n) is 12.9. The first-order chi connectivity index (χ1) is 18.1. The number of halogens is 2. The maximum Gasteiger partial charge on any atom is 0.410 e. The number of hydrogen-bond donors (Lipinski definition) is 2. The van der Waals surface area contributed by atoms with Gasteiger partial charge in [0.2, 0.25) is 0 Å². The van der Waals surface area contributed by atoms with E-state index >= 15 is 8.78 Å². The van der Waals surface area contributed by atoms with E-state index in [-0.39, 0.29) is 50.8 Å². The smallest absolute Gasteiger partial charge is 0.410 e. The van der Waals surface area contributed by atoms with E-state index in [1.54, 1.807) is 32.9 Å². The van der Waals surface area contributed by atoms with Gasteiger partial charge in [-0.05, 0) is 45.7 Å². The number of carbonyl (C=O) groups excluding carboxylic acids is 2. The Kier molecular flexibility index (Phi) is 8.97. The Morgan fingerprint density at radius 3 is 2.49 bits per heavy atom. The molecule has 12 heteroatoms. The van der Waals surface area contributed by atoms with Gasteiger partial charge in [-0.1, -0.05) is 6.92 Å². The Labute approximate surface area is 226 Å².